The Morgan fingerprint density at radius 3 is 1.79 bits per heavy atom. The molecule has 0 bridgehead atoms. The lowest BCUT2D eigenvalue weighted by molar-refractivity contribution is 0.0979. The highest BCUT2D eigenvalue weighted by Crippen LogP contribution is 2.47. The van der Waals surface area contributed by atoms with Crippen LogP contribution in [0.4, 0.5) is 11.4 Å². The molecular weight excluding hydrogens is 578 g/mol. The Labute approximate surface area is 221 Å². The fourth-order valence-corrected chi connectivity index (χ4v) is 6.44. The summed E-state index contributed by atoms with van der Waals surface area (Å²) in [5, 5.41) is 2.77. The van der Waals surface area contributed by atoms with Crippen LogP contribution in [0.1, 0.15) is 37.4 Å². The lowest BCUT2D eigenvalue weighted by atomic mass is 9.79. The first-order chi connectivity index (χ1) is 17.9. The Bertz CT molecular complexity index is 1950. The summed E-state index contributed by atoms with van der Waals surface area (Å²) in [5.74, 6) is -2.23. The molecule has 0 amide bonds. The van der Waals surface area contributed by atoms with Crippen molar-refractivity contribution >= 4 is 53.3 Å². The number of anilines is 2. The second-order valence-electron chi connectivity index (χ2n) is 8.43. The van der Waals surface area contributed by atoms with E-state index < -0.39 is 101 Å². The molecule has 0 unspecified atom stereocenters. The topological polar surface area (TPSA) is 261 Å². The van der Waals surface area contributed by atoms with E-state index in [0.29, 0.717) is 11.6 Å². The molecule has 3 aromatic rings. The first kappa shape index (κ1) is 28.3. The van der Waals surface area contributed by atoms with E-state index in [1.165, 1.54) is 6.07 Å². The highest BCUT2D eigenvalue weighted by molar-refractivity contribution is 7.86. The quantitative estimate of drug-likeness (QED) is 0.132. The minimum absolute atomic E-state index is 0.134. The number of hydrogen-bond donors (Lipinski definition) is 6. The number of benzene rings is 3. The van der Waals surface area contributed by atoms with Crippen LogP contribution in [0.2, 0.25) is 0 Å². The van der Waals surface area contributed by atoms with Crippen LogP contribution in [0.25, 0.3) is 11.1 Å². The fraction of sp³-hybridized carbons (Fsp3) is 0.0909. The molecule has 1 aliphatic rings. The van der Waals surface area contributed by atoms with Crippen LogP contribution in [-0.2, 0) is 36.9 Å². The van der Waals surface area contributed by atoms with Gasteiger partial charge in [-0.1, -0.05) is 12.1 Å². The number of rotatable bonds is 6. The van der Waals surface area contributed by atoms with E-state index in [1.54, 1.807) is 7.05 Å². The lowest BCUT2D eigenvalue weighted by Crippen LogP contribution is -2.26. The van der Waals surface area contributed by atoms with E-state index in [4.69, 9.17) is 11.5 Å². The van der Waals surface area contributed by atoms with E-state index in [1.807, 2.05) is 0 Å². The number of nitrogen functional groups attached to an aromatic ring is 2. The molecule has 206 valence electrons. The molecular formula is C22H19N3O11S3. The van der Waals surface area contributed by atoms with Crippen LogP contribution in [0.3, 0.4) is 0 Å². The highest BCUT2D eigenvalue weighted by atomic mass is 32.2. The number of carbonyl (C=O) groups is 2. The van der Waals surface area contributed by atoms with Gasteiger partial charge in [-0.3, -0.25) is 23.2 Å². The third-order valence-electron chi connectivity index (χ3n) is 5.99. The molecule has 0 heterocycles. The molecule has 3 aromatic carbocycles. The summed E-state index contributed by atoms with van der Waals surface area (Å²) < 4.78 is 102. The summed E-state index contributed by atoms with van der Waals surface area (Å²) >= 11 is 0. The van der Waals surface area contributed by atoms with Gasteiger partial charge in [-0.15, -0.1) is 0 Å². The van der Waals surface area contributed by atoms with E-state index in [0.717, 1.165) is 24.3 Å². The van der Waals surface area contributed by atoms with Crippen LogP contribution in [0.15, 0.2) is 51.1 Å². The van der Waals surface area contributed by atoms with Gasteiger partial charge in [0.05, 0.1) is 21.8 Å². The van der Waals surface area contributed by atoms with Gasteiger partial charge < -0.3 is 16.8 Å². The largest absolute Gasteiger partial charge is 0.397 e. The van der Waals surface area contributed by atoms with Crippen LogP contribution >= 0.6 is 0 Å². The predicted molar refractivity (Wildman–Crippen MR) is 136 cm³/mol. The SMILES string of the molecule is CNCc1ccc(-c2c(N)c(S(=O)(=O)O)c(N)c3c2C(=O)c2ccc(S(=O)(=O)O)cc2C3=O)c(S(=O)(=O)O)c1. The molecule has 14 nitrogen and oxygen atoms in total. The van der Waals surface area contributed by atoms with Crippen LogP contribution in [-0.4, -0.2) is 57.5 Å². The number of fused-ring (bicyclic) bond motifs is 2. The second-order valence-corrected chi connectivity index (χ2v) is 12.6. The van der Waals surface area contributed by atoms with Crippen molar-refractivity contribution < 1.29 is 48.5 Å². The van der Waals surface area contributed by atoms with Gasteiger partial charge in [0.2, 0.25) is 0 Å². The Morgan fingerprint density at radius 2 is 1.26 bits per heavy atom. The van der Waals surface area contributed by atoms with Crippen LogP contribution in [0.5, 0.6) is 0 Å². The van der Waals surface area contributed by atoms with Gasteiger partial charge in [-0.25, -0.2) is 0 Å². The van der Waals surface area contributed by atoms with E-state index >= 15 is 0 Å². The number of carbonyl (C=O) groups excluding carboxylic acids is 2. The van der Waals surface area contributed by atoms with E-state index in [9.17, 15) is 48.5 Å². The minimum Gasteiger partial charge on any atom is -0.397 e. The van der Waals surface area contributed by atoms with Gasteiger partial charge in [0, 0.05) is 34.4 Å². The van der Waals surface area contributed by atoms with Gasteiger partial charge in [-0.05, 0) is 36.9 Å². The Balaban J connectivity index is 2.22. The maximum atomic E-state index is 13.7. The molecule has 17 heteroatoms. The average molecular weight is 598 g/mol. The molecule has 0 aliphatic heterocycles. The molecule has 0 fully saturated rings. The van der Waals surface area contributed by atoms with Gasteiger partial charge in [-0.2, -0.15) is 25.3 Å². The summed E-state index contributed by atoms with van der Waals surface area (Å²) in [4.78, 5) is 24.5. The first-order valence-corrected chi connectivity index (χ1v) is 14.9. The zero-order valence-electron chi connectivity index (χ0n) is 19.7. The molecule has 1 aliphatic carbocycles. The van der Waals surface area contributed by atoms with Gasteiger partial charge in [0.15, 0.2) is 11.6 Å². The second kappa shape index (κ2) is 9.19. The monoisotopic (exact) mass is 597 g/mol. The van der Waals surface area contributed by atoms with Gasteiger partial charge in [0.25, 0.3) is 30.4 Å². The Morgan fingerprint density at radius 1 is 0.692 bits per heavy atom. The standard InChI is InChI=1S/C22H19N3O11S3/c1-25-8-9-2-4-12(14(6-9)38(31,32)33)15-16-17(19(24)22(18(15)23)39(34,35)36)21(27)13-7-10(37(28,29)30)3-5-11(13)20(16)26/h2-7,25H,8,23-24H2,1H3,(H,28,29,30)(H,31,32,33)(H,34,35,36). The summed E-state index contributed by atoms with van der Waals surface area (Å²) in [5.41, 5.74) is 6.89. The molecule has 8 N–H and O–H groups in total. The van der Waals surface area contributed by atoms with Crippen molar-refractivity contribution in [3.63, 3.8) is 0 Å². The summed E-state index contributed by atoms with van der Waals surface area (Å²) in [6.07, 6.45) is 0. The maximum Gasteiger partial charge on any atom is 0.298 e. The van der Waals surface area contributed by atoms with Crippen LogP contribution in [0, 0.1) is 0 Å². The van der Waals surface area contributed by atoms with E-state index in [2.05, 4.69) is 5.32 Å². The van der Waals surface area contributed by atoms with Crippen molar-refractivity contribution in [2.75, 3.05) is 18.5 Å². The molecule has 0 saturated heterocycles. The molecule has 39 heavy (non-hydrogen) atoms. The average Bonchev–Trinajstić information content (AvgIpc) is 2.80. The van der Waals surface area contributed by atoms with Crippen molar-refractivity contribution in [2.45, 2.75) is 21.2 Å². The number of hydrogen-bond acceptors (Lipinski definition) is 11. The fourth-order valence-electron chi connectivity index (χ4n) is 4.43. The Hall–Kier alpha value is -3.71. The Kier molecular flexibility index (Phi) is 6.67. The molecule has 0 radical (unpaired) electrons. The van der Waals surface area contributed by atoms with E-state index in [-0.39, 0.29) is 6.54 Å². The molecule has 0 atom stereocenters. The molecule has 0 spiro atoms. The predicted octanol–water partition coefficient (Wildman–Crippen LogP) is 0.753. The zero-order valence-corrected chi connectivity index (χ0v) is 22.1. The first-order valence-electron chi connectivity index (χ1n) is 10.6. The van der Waals surface area contributed by atoms with Crippen molar-refractivity contribution in [2.24, 2.45) is 0 Å². The minimum atomic E-state index is -5.31. The van der Waals surface area contributed by atoms with Crippen molar-refractivity contribution in [1.29, 1.82) is 0 Å². The molecule has 4 rings (SSSR count). The highest BCUT2D eigenvalue weighted by Gasteiger charge is 2.40. The van der Waals surface area contributed by atoms with Crippen molar-refractivity contribution in [1.82, 2.24) is 5.32 Å². The molecule has 0 aromatic heterocycles. The third kappa shape index (κ3) is 4.69. The van der Waals surface area contributed by atoms with Crippen LogP contribution < -0.4 is 16.8 Å². The van der Waals surface area contributed by atoms with Gasteiger partial charge in [0.1, 0.15) is 9.79 Å². The van der Waals surface area contributed by atoms with Crippen molar-refractivity contribution in [3.05, 3.63) is 64.2 Å². The zero-order chi connectivity index (χ0) is 29.2. The maximum absolute atomic E-state index is 13.7. The summed E-state index contributed by atoms with van der Waals surface area (Å²) in [6, 6.07) is 5.93. The molecule has 0 saturated carbocycles. The lowest BCUT2D eigenvalue weighted by Gasteiger charge is -2.26. The number of ketones is 2. The smallest absolute Gasteiger partial charge is 0.298 e. The summed E-state index contributed by atoms with van der Waals surface area (Å²) in [6.45, 7) is 0.134. The van der Waals surface area contributed by atoms with Crippen molar-refractivity contribution in [3.8, 4) is 11.1 Å². The number of nitrogens with two attached hydrogens (primary N) is 2. The number of nitrogens with one attached hydrogen (secondary N) is 1. The van der Waals surface area contributed by atoms with Gasteiger partial charge >= 0.3 is 0 Å². The summed E-state index contributed by atoms with van der Waals surface area (Å²) in [7, 11) is -13.6. The third-order valence-corrected chi connectivity index (χ3v) is 8.69. The normalized spacial score (nSPS) is 13.7.